The van der Waals surface area contributed by atoms with E-state index >= 15 is 0 Å². The molecule has 1 aliphatic rings. The van der Waals surface area contributed by atoms with E-state index in [0.717, 1.165) is 34.8 Å². The monoisotopic (exact) mass is 428 g/mol. The van der Waals surface area contributed by atoms with Gasteiger partial charge in [0, 0.05) is 36.2 Å². The Morgan fingerprint density at radius 3 is 2.55 bits per heavy atom. The van der Waals surface area contributed by atoms with Gasteiger partial charge >= 0.3 is 5.69 Å². The number of amides is 1. The van der Waals surface area contributed by atoms with Crippen molar-refractivity contribution in [1.82, 2.24) is 19.4 Å². The van der Waals surface area contributed by atoms with E-state index in [9.17, 15) is 9.59 Å². The Morgan fingerprint density at radius 2 is 1.76 bits per heavy atom. The summed E-state index contributed by atoms with van der Waals surface area (Å²) >= 11 is 12.2. The highest BCUT2D eigenvalue weighted by atomic mass is 35.5. The topological polar surface area (TPSA) is 73.9 Å². The maximum Gasteiger partial charge on any atom is 0.326 e. The van der Waals surface area contributed by atoms with E-state index < -0.39 is 0 Å². The van der Waals surface area contributed by atoms with Crippen LogP contribution >= 0.6 is 23.2 Å². The molecule has 0 bridgehead atoms. The summed E-state index contributed by atoms with van der Waals surface area (Å²) in [5.74, 6) is -0.0423. The third kappa shape index (κ3) is 3.03. The normalized spacial score (nSPS) is 15.4. The fourth-order valence-electron chi connectivity index (χ4n) is 4.23. The van der Waals surface area contributed by atoms with Gasteiger partial charge < -0.3 is 14.9 Å². The number of imidazole rings is 1. The number of carbonyl (C=O) groups excluding carboxylic acids is 1. The van der Waals surface area contributed by atoms with Crippen LogP contribution in [-0.2, 0) is 0 Å². The van der Waals surface area contributed by atoms with E-state index in [2.05, 4.69) is 9.97 Å². The molecule has 6 nitrogen and oxygen atoms in total. The summed E-state index contributed by atoms with van der Waals surface area (Å²) in [6.45, 7) is 1.17. The second-order valence-corrected chi connectivity index (χ2v) is 8.17. The molecule has 1 amide bonds. The highest BCUT2D eigenvalue weighted by Gasteiger charge is 2.27. The minimum Gasteiger partial charge on any atom is -0.360 e. The van der Waals surface area contributed by atoms with Crippen LogP contribution in [0.3, 0.4) is 0 Å². The summed E-state index contributed by atoms with van der Waals surface area (Å²) in [4.78, 5) is 33.4. The lowest BCUT2D eigenvalue weighted by Gasteiger charge is -2.32. The highest BCUT2D eigenvalue weighted by Crippen LogP contribution is 2.31. The van der Waals surface area contributed by atoms with Gasteiger partial charge in [0.25, 0.3) is 5.91 Å². The number of fused-ring (bicyclic) bond motifs is 2. The van der Waals surface area contributed by atoms with Crippen LogP contribution in [0.15, 0.2) is 47.4 Å². The summed E-state index contributed by atoms with van der Waals surface area (Å²) in [6, 6.07) is 11.2. The molecule has 0 radical (unpaired) electrons. The number of halogens is 2. The predicted molar refractivity (Wildman–Crippen MR) is 115 cm³/mol. The molecule has 0 aliphatic carbocycles. The Kier molecular flexibility index (Phi) is 4.41. The predicted octanol–water partition coefficient (Wildman–Crippen LogP) is 4.60. The Balaban J connectivity index is 1.38. The van der Waals surface area contributed by atoms with E-state index in [4.69, 9.17) is 23.2 Å². The molecule has 0 spiro atoms. The number of piperidine rings is 1. The van der Waals surface area contributed by atoms with Crippen LogP contribution in [0.2, 0.25) is 10.0 Å². The molecule has 148 valence electrons. The first-order chi connectivity index (χ1) is 14.0. The van der Waals surface area contributed by atoms with Gasteiger partial charge in [-0.25, -0.2) is 4.79 Å². The Labute approximate surface area is 176 Å². The largest absolute Gasteiger partial charge is 0.360 e. The standard InChI is InChI=1S/C21H18Cl2N4O2/c22-15-9-13-14(11-24-18(13)10-16(15)23)20(28)26-7-5-12(6-8-26)27-19-4-2-1-3-17(19)25-21(27)29/h1-4,9-12,24H,5-8H2,(H,25,29). The quantitative estimate of drug-likeness (QED) is 0.489. The number of carbonyl (C=O) groups is 1. The van der Waals surface area contributed by atoms with Crippen LogP contribution in [0.1, 0.15) is 29.2 Å². The van der Waals surface area contributed by atoms with Crippen molar-refractivity contribution in [1.29, 1.82) is 0 Å². The number of nitrogens with zero attached hydrogens (tertiary/aromatic N) is 2. The maximum absolute atomic E-state index is 13.1. The van der Waals surface area contributed by atoms with Crippen molar-refractivity contribution in [3.05, 3.63) is 68.7 Å². The molecule has 29 heavy (non-hydrogen) atoms. The van der Waals surface area contributed by atoms with Crippen LogP contribution < -0.4 is 5.69 Å². The Hall–Kier alpha value is -2.70. The van der Waals surface area contributed by atoms with Crippen LogP contribution in [0, 0.1) is 0 Å². The number of para-hydroxylation sites is 2. The van der Waals surface area contributed by atoms with Gasteiger partial charge in [-0.15, -0.1) is 0 Å². The number of aromatic amines is 2. The van der Waals surface area contributed by atoms with E-state index in [1.54, 1.807) is 18.3 Å². The summed E-state index contributed by atoms with van der Waals surface area (Å²) < 4.78 is 1.82. The van der Waals surface area contributed by atoms with E-state index in [0.29, 0.717) is 28.7 Å². The number of hydrogen-bond acceptors (Lipinski definition) is 2. The number of rotatable bonds is 2. The zero-order chi connectivity index (χ0) is 20.1. The number of hydrogen-bond donors (Lipinski definition) is 2. The van der Waals surface area contributed by atoms with E-state index in [1.165, 1.54) is 0 Å². The van der Waals surface area contributed by atoms with Crippen LogP contribution in [0.5, 0.6) is 0 Å². The van der Waals surface area contributed by atoms with Crippen molar-refractivity contribution in [3.63, 3.8) is 0 Å². The van der Waals surface area contributed by atoms with Gasteiger partial charge in [-0.3, -0.25) is 9.36 Å². The van der Waals surface area contributed by atoms with E-state index in [1.807, 2.05) is 33.7 Å². The molecule has 1 fully saturated rings. The summed E-state index contributed by atoms with van der Waals surface area (Å²) in [5, 5.41) is 1.63. The van der Waals surface area contributed by atoms with Gasteiger partial charge in [-0.2, -0.15) is 0 Å². The SMILES string of the molecule is O=C(c1c[nH]c2cc(Cl)c(Cl)cc12)N1CCC(n2c(=O)[nH]c3ccccc32)CC1. The first kappa shape index (κ1) is 18.3. The molecular weight excluding hydrogens is 411 g/mol. The van der Waals surface area contributed by atoms with Crippen molar-refractivity contribution in [3.8, 4) is 0 Å². The zero-order valence-corrected chi connectivity index (χ0v) is 16.9. The number of benzene rings is 2. The average Bonchev–Trinajstić information content (AvgIpc) is 3.27. The number of aromatic nitrogens is 3. The molecule has 1 saturated heterocycles. The number of nitrogens with one attached hydrogen (secondary N) is 2. The van der Waals surface area contributed by atoms with Crippen molar-refractivity contribution in [2.45, 2.75) is 18.9 Å². The van der Waals surface area contributed by atoms with Crippen molar-refractivity contribution >= 4 is 51.0 Å². The molecule has 1 aliphatic heterocycles. The van der Waals surface area contributed by atoms with Gasteiger partial charge in [0.15, 0.2) is 0 Å². The summed E-state index contributed by atoms with van der Waals surface area (Å²) in [5.41, 5.74) is 3.01. The Bertz CT molecular complexity index is 1300. The molecule has 5 rings (SSSR count). The zero-order valence-electron chi connectivity index (χ0n) is 15.4. The molecule has 3 heterocycles. The summed E-state index contributed by atoms with van der Waals surface area (Å²) in [7, 11) is 0. The van der Waals surface area contributed by atoms with Crippen LogP contribution in [-0.4, -0.2) is 38.4 Å². The molecule has 0 saturated carbocycles. The minimum atomic E-state index is -0.0980. The first-order valence-corrected chi connectivity index (χ1v) is 10.2. The van der Waals surface area contributed by atoms with Crippen molar-refractivity contribution < 1.29 is 4.79 Å². The second-order valence-electron chi connectivity index (χ2n) is 7.35. The lowest BCUT2D eigenvalue weighted by atomic mass is 10.0. The molecule has 2 aromatic carbocycles. The highest BCUT2D eigenvalue weighted by molar-refractivity contribution is 6.43. The maximum atomic E-state index is 13.1. The van der Waals surface area contributed by atoms with Gasteiger partial charge in [-0.1, -0.05) is 35.3 Å². The first-order valence-electron chi connectivity index (χ1n) is 9.47. The van der Waals surface area contributed by atoms with Gasteiger partial charge in [0.2, 0.25) is 0 Å². The molecule has 0 unspecified atom stereocenters. The third-order valence-corrected chi connectivity index (χ3v) is 6.42. The molecule has 2 N–H and O–H groups in total. The summed E-state index contributed by atoms with van der Waals surface area (Å²) in [6.07, 6.45) is 3.15. The van der Waals surface area contributed by atoms with Crippen LogP contribution in [0.25, 0.3) is 21.9 Å². The van der Waals surface area contributed by atoms with Crippen molar-refractivity contribution in [2.75, 3.05) is 13.1 Å². The number of likely N-dealkylation sites (tertiary alicyclic amines) is 1. The molecule has 4 aromatic rings. The number of H-pyrrole nitrogens is 2. The lowest BCUT2D eigenvalue weighted by Crippen LogP contribution is -2.40. The molecule has 0 atom stereocenters. The minimum absolute atomic E-state index is 0.0423. The fourth-order valence-corrected chi connectivity index (χ4v) is 4.56. The van der Waals surface area contributed by atoms with Crippen molar-refractivity contribution in [2.24, 2.45) is 0 Å². The molecule has 2 aromatic heterocycles. The van der Waals surface area contributed by atoms with E-state index in [-0.39, 0.29) is 17.6 Å². The smallest absolute Gasteiger partial charge is 0.326 e. The second kappa shape index (κ2) is 6.97. The molecule has 8 heteroatoms. The average molecular weight is 429 g/mol. The fraction of sp³-hybridized carbons (Fsp3) is 0.238. The Morgan fingerprint density at radius 1 is 1.03 bits per heavy atom. The van der Waals surface area contributed by atoms with Crippen LogP contribution in [0.4, 0.5) is 0 Å². The van der Waals surface area contributed by atoms with Gasteiger partial charge in [-0.05, 0) is 37.1 Å². The molecular formula is C21H18Cl2N4O2. The third-order valence-electron chi connectivity index (χ3n) is 5.69. The van der Waals surface area contributed by atoms with Gasteiger partial charge in [0.1, 0.15) is 0 Å². The lowest BCUT2D eigenvalue weighted by molar-refractivity contribution is 0.0697. The van der Waals surface area contributed by atoms with Gasteiger partial charge in [0.05, 0.1) is 26.6 Å².